The van der Waals surface area contributed by atoms with Crippen molar-refractivity contribution in [2.45, 2.75) is 13.5 Å². The second-order valence-corrected chi connectivity index (χ2v) is 6.30. The first kappa shape index (κ1) is 20.0. The molecule has 2 aromatic carbocycles. The lowest BCUT2D eigenvalue weighted by molar-refractivity contribution is -0.118. The Hall–Kier alpha value is -3.74. The molecule has 2 N–H and O–H groups in total. The Labute approximate surface area is 168 Å². The first-order valence-electron chi connectivity index (χ1n) is 9.03. The van der Waals surface area contributed by atoms with Crippen LogP contribution in [0.3, 0.4) is 0 Å². The molecule has 0 saturated heterocycles. The Kier molecular flexibility index (Phi) is 6.52. The van der Waals surface area contributed by atoms with Gasteiger partial charge in [0.1, 0.15) is 5.76 Å². The molecule has 0 saturated carbocycles. The van der Waals surface area contributed by atoms with E-state index in [-0.39, 0.29) is 25.0 Å². The molecule has 0 aliphatic heterocycles. The Balaban J connectivity index is 1.61. The van der Waals surface area contributed by atoms with Crippen molar-refractivity contribution in [3.05, 3.63) is 77.7 Å². The number of amides is 2. The zero-order valence-corrected chi connectivity index (χ0v) is 16.2. The van der Waals surface area contributed by atoms with Crippen LogP contribution in [0.4, 0.5) is 5.69 Å². The van der Waals surface area contributed by atoms with Crippen LogP contribution in [0.2, 0.25) is 0 Å². The van der Waals surface area contributed by atoms with Gasteiger partial charge in [0.2, 0.25) is 0 Å². The van der Waals surface area contributed by atoms with E-state index in [4.69, 9.17) is 13.9 Å². The van der Waals surface area contributed by atoms with Crippen molar-refractivity contribution >= 4 is 17.5 Å². The molecule has 150 valence electrons. The van der Waals surface area contributed by atoms with E-state index in [0.29, 0.717) is 28.5 Å². The van der Waals surface area contributed by atoms with Gasteiger partial charge in [0.25, 0.3) is 11.8 Å². The molecule has 3 aromatic rings. The molecule has 7 nitrogen and oxygen atoms in total. The Bertz CT molecular complexity index is 983. The minimum Gasteiger partial charge on any atom is -0.493 e. The number of furan rings is 1. The summed E-state index contributed by atoms with van der Waals surface area (Å²) in [5.74, 6) is 0.950. The zero-order chi connectivity index (χ0) is 20.6. The fourth-order valence-corrected chi connectivity index (χ4v) is 2.69. The molecule has 0 fully saturated rings. The number of hydrogen-bond donors (Lipinski definition) is 2. The van der Waals surface area contributed by atoms with Crippen LogP contribution >= 0.6 is 0 Å². The number of benzene rings is 2. The van der Waals surface area contributed by atoms with Gasteiger partial charge in [-0.2, -0.15) is 0 Å². The number of methoxy groups -OCH3 is 1. The highest BCUT2D eigenvalue weighted by atomic mass is 16.5. The quantitative estimate of drug-likeness (QED) is 0.610. The summed E-state index contributed by atoms with van der Waals surface area (Å²) in [6.07, 6.45) is 1.54. The van der Waals surface area contributed by atoms with Crippen LogP contribution in [0, 0.1) is 6.92 Å². The van der Waals surface area contributed by atoms with Gasteiger partial charge in [-0.3, -0.25) is 9.59 Å². The van der Waals surface area contributed by atoms with Crippen molar-refractivity contribution < 1.29 is 23.5 Å². The van der Waals surface area contributed by atoms with Gasteiger partial charge in [0.05, 0.1) is 31.2 Å². The third-order valence-corrected chi connectivity index (χ3v) is 4.13. The lowest BCUT2D eigenvalue weighted by atomic mass is 10.1. The Morgan fingerprint density at radius 3 is 2.62 bits per heavy atom. The fourth-order valence-electron chi connectivity index (χ4n) is 2.69. The lowest BCUT2D eigenvalue weighted by Crippen LogP contribution is -2.26. The van der Waals surface area contributed by atoms with E-state index in [0.717, 1.165) is 5.56 Å². The van der Waals surface area contributed by atoms with Crippen molar-refractivity contribution in [2.75, 3.05) is 19.0 Å². The average Bonchev–Trinajstić information content (AvgIpc) is 3.25. The maximum Gasteiger partial charge on any atom is 0.262 e. The van der Waals surface area contributed by atoms with Gasteiger partial charge >= 0.3 is 0 Å². The zero-order valence-electron chi connectivity index (χ0n) is 16.2. The number of anilines is 1. The molecule has 0 atom stereocenters. The summed E-state index contributed by atoms with van der Waals surface area (Å²) in [4.78, 5) is 24.8. The van der Waals surface area contributed by atoms with Crippen molar-refractivity contribution in [2.24, 2.45) is 0 Å². The summed E-state index contributed by atoms with van der Waals surface area (Å²) in [7, 11) is 1.54. The van der Waals surface area contributed by atoms with Crippen LogP contribution in [-0.4, -0.2) is 25.5 Å². The molecule has 2 amide bonds. The molecule has 0 aliphatic rings. The van der Waals surface area contributed by atoms with Crippen molar-refractivity contribution in [1.82, 2.24) is 5.32 Å². The molecule has 0 bridgehead atoms. The van der Waals surface area contributed by atoms with Gasteiger partial charge in [-0.15, -0.1) is 0 Å². The standard InChI is InChI=1S/C22H22N2O5/c1-15-9-10-19(20(12-15)27-2)29-14-21(25)24-18-8-4-3-7-17(18)22(26)23-13-16-6-5-11-28-16/h3-12H,13-14H2,1-2H3,(H,23,26)(H,24,25). The topological polar surface area (TPSA) is 89.8 Å². The normalized spacial score (nSPS) is 10.3. The van der Waals surface area contributed by atoms with E-state index in [2.05, 4.69) is 10.6 Å². The van der Waals surface area contributed by atoms with Crippen LogP contribution in [0.25, 0.3) is 0 Å². The predicted molar refractivity (Wildman–Crippen MR) is 108 cm³/mol. The monoisotopic (exact) mass is 394 g/mol. The van der Waals surface area contributed by atoms with Gasteiger partial charge in [0.15, 0.2) is 18.1 Å². The fraction of sp³-hybridized carbons (Fsp3) is 0.182. The number of carbonyl (C=O) groups is 2. The number of ether oxygens (including phenoxy) is 2. The van der Waals surface area contributed by atoms with E-state index in [9.17, 15) is 9.59 Å². The maximum atomic E-state index is 12.5. The molecular formula is C22H22N2O5. The number of carbonyl (C=O) groups excluding carboxylic acids is 2. The predicted octanol–water partition coefficient (Wildman–Crippen LogP) is 3.54. The van der Waals surface area contributed by atoms with Crippen LogP contribution < -0.4 is 20.1 Å². The van der Waals surface area contributed by atoms with Gasteiger partial charge in [-0.25, -0.2) is 0 Å². The first-order chi connectivity index (χ1) is 14.1. The first-order valence-corrected chi connectivity index (χ1v) is 9.03. The summed E-state index contributed by atoms with van der Waals surface area (Å²) in [6, 6.07) is 15.7. The summed E-state index contributed by atoms with van der Waals surface area (Å²) in [5, 5.41) is 5.48. The molecule has 3 rings (SSSR count). The maximum absolute atomic E-state index is 12.5. The molecule has 0 radical (unpaired) electrons. The van der Waals surface area contributed by atoms with Gasteiger partial charge in [-0.1, -0.05) is 18.2 Å². The minimum absolute atomic E-state index is 0.220. The Morgan fingerprint density at radius 1 is 1.03 bits per heavy atom. The molecule has 0 unspecified atom stereocenters. The third-order valence-electron chi connectivity index (χ3n) is 4.13. The molecule has 0 spiro atoms. The molecule has 1 aromatic heterocycles. The molecular weight excluding hydrogens is 372 g/mol. The summed E-state index contributed by atoms with van der Waals surface area (Å²) < 4.78 is 16.0. The highest BCUT2D eigenvalue weighted by molar-refractivity contribution is 6.04. The number of aryl methyl sites for hydroxylation is 1. The lowest BCUT2D eigenvalue weighted by Gasteiger charge is -2.13. The second-order valence-electron chi connectivity index (χ2n) is 6.30. The number of nitrogens with one attached hydrogen (secondary N) is 2. The Morgan fingerprint density at radius 2 is 1.86 bits per heavy atom. The van der Waals surface area contributed by atoms with Crippen molar-refractivity contribution in [3.63, 3.8) is 0 Å². The minimum atomic E-state index is -0.390. The largest absolute Gasteiger partial charge is 0.493 e. The van der Waals surface area contributed by atoms with E-state index in [1.165, 1.54) is 0 Å². The average molecular weight is 394 g/mol. The SMILES string of the molecule is COc1cc(C)ccc1OCC(=O)Nc1ccccc1C(=O)NCc1ccco1. The smallest absolute Gasteiger partial charge is 0.262 e. The number of para-hydroxylation sites is 1. The molecule has 1 heterocycles. The molecule has 7 heteroatoms. The third kappa shape index (κ3) is 5.38. The highest BCUT2D eigenvalue weighted by Crippen LogP contribution is 2.27. The van der Waals surface area contributed by atoms with E-state index in [1.54, 1.807) is 55.8 Å². The highest BCUT2D eigenvalue weighted by Gasteiger charge is 2.14. The van der Waals surface area contributed by atoms with Crippen LogP contribution in [-0.2, 0) is 11.3 Å². The van der Waals surface area contributed by atoms with Crippen LogP contribution in [0.5, 0.6) is 11.5 Å². The van der Waals surface area contributed by atoms with Crippen molar-refractivity contribution in [1.29, 1.82) is 0 Å². The van der Waals surface area contributed by atoms with Crippen LogP contribution in [0.15, 0.2) is 65.3 Å². The summed E-state index contributed by atoms with van der Waals surface area (Å²) in [6.45, 7) is 1.97. The van der Waals surface area contributed by atoms with Gasteiger partial charge < -0.3 is 24.5 Å². The van der Waals surface area contributed by atoms with E-state index in [1.807, 2.05) is 19.1 Å². The van der Waals surface area contributed by atoms with Crippen LogP contribution in [0.1, 0.15) is 21.7 Å². The van der Waals surface area contributed by atoms with E-state index >= 15 is 0 Å². The molecule has 29 heavy (non-hydrogen) atoms. The summed E-state index contributed by atoms with van der Waals surface area (Å²) >= 11 is 0. The van der Waals surface area contributed by atoms with Gasteiger partial charge in [-0.05, 0) is 48.9 Å². The number of hydrogen-bond acceptors (Lipinski definition) is 5. The van der Waals surface area contributed by atoms with Crippen molar-refractivity contribution in [3.8, 4) is 11.5 Å². The number of rotatable bonds is 8. The second kappa shape index (κ2) is 9.45. The summed E-state index contributed by atoms with van der Waals surface area (Å²) in [5.41, 5.74) is 1.77. The molecule has 0 aliphatic carbocycles. The van der Waals surface area contributed by atoms with E-state index < -0.39 is 0 Å². The van der Waals surface area contributed by atoms with Gasteiger partial charge in [0, 0.05) is 0 Å².